The van der Waals surface area contributed by atoms with Crippen molar-refractivity contribution in [2.75, 3.05) is 0 Å². The molecule has 1 nitrogen and oxygen atoms in total. The van der Waals surface area contributed by atoms with Gasteiger partial charge in [-0.25, -0.2) is 4.39 Å². The fourth-order valence-corrected chi connectivity index (χ4v) is 2.50. The molecule has 0 spiro atoms. The Balaban J connectivity index is 0.000000218. The van der Waals surface area contributed by atoms with Crippen LogP contribution in [-0.4, -0.2) is 0 Å². The lowest BCUT2D eigenvalue weighted by molar-refractivity contribution is 0.609. The van der Waals surface area contributed by atoms with E-state index in [9.17, 15) is 4.39 Å². The molecule has 0 amide bonds. The summed E-state index contributed by atoms with van der Waals surface area (Å²) < 4.78 is 12.7. The largest absolute Gasteiger partial charge is 0.206 e. The zero-order valence-corrected chi connectivity index (χ0v) is 17.9. The highest BCUT2D eigenvalue weighted by Crippen LogP contribution is 2.09. The van der Waals surface area contributed by atoms with Gasteiger partial charge in [0.1, 0.15) is 5.82 Å². The van der Waals surface area contributed by atoms with Crippen molar-refractivity contribution in [1.82, 2.24) is 0 Å². The Kier molecular flexibility index (Phi) is 10.8. The third kappa shape index (κ3) is 8.58. The van der Waals surface area contributed by atoms with Crippen LogP contribution in [0.15, 0.2) is 73.3 Å². The number of rotatable bonds is 3. The van der Waals surface area contributed by atoms with Crippen molar-refractivity contribution in [3.63, 3.8) is 0 Å². The average molecular weight is 388 g/mol. The van der Waals surface area contributed by atoms with Crippen molar-refractivity contribution >= 4 is 6.08 Å². The molecule has 3 aromatic rings. The molecule has 0 fully saturated rings. The van der Waals surface area contributed by atoms with Crippen LogP contribution in [0.4, 0.5) is 4.39 Å². The number of hydrogen-bond donors (Lipinski definition) is 0. The normalized spacial score (nSPS) is 9.24. The van der Waals surface area contributed by atoms with Gasteiger partial charge in [0.15, 0.2) is 0 Å². The van der Waals surface area contributed by atoms with Crippen LogP contribution in [0, 0.1) is 31.0 Å². The van der Waals surface area contributed by atoms with Gasteiger partial charge in [-0.05, 0) is 66.6 Å². The smallest absolute Gasteiger partial charge is 0.129 e. The summed E-state index contributed by atoms with van der Waals surface area (Å²) in [5.41, 5.74) is 6.02. The van der Waals surface area contributed by atoms with Crippen molar-refractivity contribution in [2.45, 2.75) is 40.5 Å². The van der Waals surface area contributed by atoms with E-state index in [0.717, 1.165) is 29.5 Å². The maximum atomic E-state index is 12.7. The summed E-state index contributed by atoms with van der Waals surface area (Å²) in [5.74, 6) is -0.0856. The van der Waals surface area contributed by atoms with Crippen molar-refractivity contribution in [2.24, 2.45) is 0 Å². The summed E-state index contributed by atoms with van der Waals surface area (Å²) >= 11 is 0. The third-order valence-electron chi connectivity index (χ3n) is 4.50. The van der Waals surface area contributed by atoms with E-state index in [2.05, 4.69) is 50.8 Å². The maximum Gasteiger partial charge on any atom is 0.129 e. The summed E-state index contributed by atoms with van der Waals surface area (Å²) in [6, 6.07) is 23.6. The van der Waals surface area contributed by atoms with Gasteiger partial charge in [-0.15, -0.1) is 0 Å². The van der Waals surface area contributed by atoms with Crippen molar-refractivity contribution in [1.29, 1.82) is 5.26 Å². The Morgan fingerprint density at radius 3 is 1.62 bits per heavy atom. The first-order valence-corrected chi connectivity index (χ1v) is 9.87. The highest BCUT2D eigenvalue weighted by atomic mass is 19.1. The number of nitriles is 1. The minimum absolute atomic E-state index is 0.0856. The van der Waals surface area contributed by atoms with E-state index in [1.165, 1.54) is 16.7 Å². The van der Waals surface area contributed by atoms with E-state index >= 15 is 0 Å². The van der Waals surface area contributed by atoms with Gasteiger partial charge < -0.3 is 0 Å². The summed E-state index contributed by atoms with van der Waals surface area (Å²) in [6.45, 7) is 11.5. The van der Waals surface area contributed by atoms with Crippen LogP contribution >= 0.6 is 0 Å². The lowest BCUT2D eigenvalue weighted by atomic mass is 10.1. The molecule has 0 radical (unpaired) electrons. The molecule has 0 aliphatic carbocycles. The van der Waals surface area contributed by atoms with Gasteiger partial charge in [0.05, 0.1) is 11.6 Å². The lowest BCUT2D eigenvalue weighted by Gasteiger charge is -1.96. The first-order chi connectivity index (χ1) is 13.9. The average Bonchev–Trinajstić information content (AvgIpc) is 2.78. The molecule has 29 heavy (non-hydrogen) atoms. The monoisotopic (exact) mass is 387 g/mol. The molecule has 150 valence electrons. The van der Waals surface area contributed by atoms with Gasteiger partial charge in [-0.1, -0.05) is 81.1 Å². The molecule has 2 heteroatoms. The zero-order chi connectivity index (χ0) is 21.6. The Bertz CT molecular complexity index is 896. The van der Waals surface area contributed by atoms with E-state index < -0.39 is 0 Å². The number of nitrogens with zero attached hydrogens (tertiary/aromatic N) is 1. The SMILES string of the molecule is C=Cc1ccc(CC)cc1.CCc1ccc(C#N)cc1.Cc1cccc(C)c1F. The number of benzene rings is 3. The van der Waals surface area contributed by atoms with E-state index in [0.29, 0.717) is 0 Å². The van der Waals surface area contributed by atoms with Crippen molar-refractivity contribution in [3.8, 4) is 6.07 Å². The van der Waals surface area contributed by atoms with Crippen LogP contribution in [0.1, 0.15) is 47.2 Å². The summed E-state index contributed by atoms with van der Waals surface area (Å²) in [5, 5.41) is 8.45. The van der Waals surface area contributed by atoms with Crippen molar-refractivity contribution in [3.05, 3.63) is 113 Å². The molecule has 0 aromatic heterocycles. The van der Waals surface area contributed by atoms with Gasteiger partial charge in [0, 0.05) is 0 Å². The highest BCUT2D eigenvalue weighted by Gasteiger charge is 1.96. The topological polar surface area (TPSA) is 23.8 Å². The maximum absolute atomic E-state index is 12.7. The molecule has 3 rings (SSSR count). The van der Waals surface area contributed by atoms with Crippen LogP contribution in [0.2, 0.25) is 0 Å². The summed E-state index contributed by atoms with van der Waals surface area (Å²) in [4.78, 5) is 0. The Hall–Kier alpha value is -3.18. The van der Waals surface area contributed by atoms with Crippen molar-refractivity contribution < 1.29 is 4.39 Å². The second-order valence-corrected chi connectivity index (χ2v) is 6.67. The molecule has 0 saturated heterocycles. The Morgan fingerprint density at radius 1 is 0.828 bits per heavy atom. The van der Waals surface area contributed by atoms with Gasteiger partial charge in [0.25, 0.3) is 0 Å². The van der Waals surface area contributed by atoms with Gasteiger partial charge >= 0.3 is 0 Å². The van der Waals surface area contributed by atoms with E-state index in [1.807, 2.05) is 36.4 Å². The molecular weight excluding hydrogens is 357 g/mol. The molecular formula is C27H30FN. The quantitative estimate of drug-likeness (QED) is 0.457. The second-order valence-electron chi connectivity index (χ2n) is 6.67. The van der Waals surface area contributed by atoms with E-state index in [-0.39, 0.29) is 5.82 Å². The minimum Gasteiger partial charge on any atom is -0.206 e. The van der Waals surface area contributed by atoms with Crippen LogP contribution in [0.25, 0.3) is 6.08 Å². The molecule has 0 aliphatic heterocycles. The fraction of sp³-hybridized carbons (Fsp3) is 0.222. The number of aryl methyl sites for hydroxylation is 4. The second kappa shape index (κ2) is 13.1. The van der Waals surface area contributed by atoms with Gasteiger partial charge in [0.2, 0.25) is 0 Å². The standard InChI is InChI=1S/C10H12.C9H9N.C8H9F/c1-3-9-5-7-10(4-2)8-6-9;1-2-8-3-5-9(7-10)6-4-8;1-6-4-3-5-7(2)8(6)9/h3,5-8H,1,4H2,2H3;3-6H,2H2,1H3;3-5H,1-2H3. The van der Waals surface area contributed by atoms with Crippen LogP contribution in [0.3, 0.4) is 0 Å². The molecule has 0 atom stereocenters. The predicted octanol–water partition coefficient (Wildman–Crippen LogP) is 7.46. The molecule has 0 bridgehead atoms. The Labute approximate surface area is 175 Å². The third-order valence-corrected chi connectivity index (χ3v) is 4.50. The number of halogens is 1. The predicted molar refractivity (Wildman–Crippen MR) is 122 cm³/mol. The van der Waals surface area contributed by atoms with E-state index in [1.54, 1.807) is 26.0 Å². The van der Waals surface area contributed by atoms with Crippen LogP contribution in [0.5, 0.6) is 0 Å². The molecule has 0 saturated carbocycles. The highest BCUT2D eigenvalue weighted by molar-refractivity contribution is 5.47. The molecule has 3 aromatic carbocycles. The van der Waals surface area contributed by atoms with Crippen LogP contribution < -0.4 is 0 Å². The van der Waals surface area contributed by atoms with Crippen LogP contribution in [-0.2, 0) is 12.8 Å². The molecule has 0 unspecified atom stereocenters. The zero-order valence-electron chi connectivity index (χ0n) is 17.9. The van der Waals surface area contributed by atoms with E-state index in [4.69, 9.17) is 5.26 Å². The summed E-state index contributed by atoms with van der Waals surface area (Å²) in [7, 11) is 0. The fourth-order valence-electron chi connectivity index (χ4n) is 2.50. The van der Waals surface area contributed by atoms with Gasteiger partial charge in [-0.2, -0.15) is 5.26 Å². The van der Waals surface area contributed by atoms with Gasteiger partial charge in [-0.3, -0.25) is 0 Å². The lowest BCUT2D eigenvalue weighted by Crippen LogP contribution is -1.84. The minimum atomic E-state index is -0.0856. The summed E-state index contributed by atoms with van der Waals surface area (Å²) in [6.07, 6.45) is 4.00. The molecule has 0 N–H and O–H groups in total. The first kappa shape index (κ1) is 23.9. The molecule has 0 aliphatic rings. The molecule has 0 heterocycles. The number of hydrogen-bond acceptors (Lipinski definition) is 1. The Morgan fingerprint density at radius 2 is 1.28 bits per heavy atom. The first-order valence-electron chi connectivity index (χ1n) is 9.87.